The maximum Gasteiger partial charge on any atom is 0.0998 e. The number of rotatable bonds is 4. The van der Waals surface area contributed by atoms with Crippen molar-refractivity contribution in [2.75, 3.05) is 0 Å². The molecule has 7 aromatic carbocycles. The Labute approximate surface area is 287 Å². The Morgan fingerprint density at radius 1 is 0.400 bits per heavy atom. The minimum atomic E-state index is 0.435. The first kappa shape index (κ1) is 28.8. The number of hydrogen-bond donors (Lipinski definition) is 0. The van der Waals surface area contributed by atoms with Crippen LogP contribution in [0.1, 0.15) is 16.7 Å². The molecule has 2 aromatic heterocycles. The Hall–Kier alpha value is -7.39. The molecule has 230 valence electrons. The van der Waals surface area contributed by atoms with Crippen molar-refractivity contribution in [3.63, 3.8) is 0 Å². The fourth-order valence-corrected chi connectivity index (χ4v) is 7.48. The van der Waals surface area contributed by atoms with Gasteiger partial charge in [-0.05, 0) is 77.9 Å². The van der Waals surface area contributed by atoms with Crippen molar-refractivity contribution in [1.82, 2.24) is 9.13 Å². The van der Waals surface area contributed by atoms with Crippen LogP contribution in [0, 0.1) is 34.0 Å². The summed E-state index contributed by atoms with van der Waals surface area (Å²) in [4.78, 5) is 0. The van der Waals surface area contributed by atoms with Crippen molar-refractivity contribution in [3.8, 4) is 51.8 Å². The lowest BCUT2D eigenvalue weighted by Gasteiger charge is -2.16. The summed E-state index contributed by atoms with van der Waals surface area (Å²) in [5, 5.41) is 34.9. The maximum atomic E-state index is 10.5. The molecule has 0 unspecified atom stereocenters. The van der Waals surface area contributed by atoms with E-state index in [1.807, 2.05) is 91.0 Å². The number of fused-ring (bicyclic) bond motifs is 6. The normalized spacial score (nSPS) is 11.1. The van der Waals surface area contributed by atoms with Crippen LogP contribution in [-0.2, 0) is 0 Å². The summed E-state index contributed by atoms with van der Waals surface area (Å²) < 4.78 is 4.45. The van der Waals surface area contributed by atoms with Crippen molar-refractivity contribution in [2.24, 2.45) is 0 Å². The molecule has 0 fully saturated rings. The number of para-hydroxylation sites is 4. The molecule has 0 saturated heterocycles. The van der Waals surface area contributed by atoms with Crippen molar-refractivity contribution in [3.05, 3.63) is 168 Å². The summed E-state index contributed by atoms with van der Waals surface area (Å²) in [6.07, 6.45) is 0. The topological polar surface area (TPSA) is 81.2 Å². The molecule has 0 atom stereocenters. The standard InChI is InChI=1S/C45H25N5/c46-26-29-17-22-44-39(23-29)38-12-4-6-14-41(38)49(44)34-20-18-30(19-21-34)45-32(27-47)24-31(25-33(45)28-48)35-9-1-5-13-40(35)50-42-15-7-2-10-36(42)37-11-3-8-16-43(37)50/h1-25H. The fraction of sp³-hybridized carbons (Fsp3) is 0. The van der Waals surface area contributed by atoms with Gasteiger partial charge in [-0.2, -0.15) is 15.8 Å². The van der Waals surface area contributed by atoms with Crippen molar-refractivity contribution in [2.45, 2.75) is 0 Å². The lowest BCUT2D eigenvalue weighted by Crippen LogP contribution is -1.99. The first-order chi connectivity index (χ1) is 24.7. The molecular formula is C45H25N5. The lowest BCUT2D eigenvalue weighted by molar-refractivity contribution is 1.18. The third-order valence-electron chi connectivity index (χ3n) is 9.63. The second kappa shape index (κ2) is 11.4. The molecule has 9 rings (SSSR count). The zero-order chi connectivity index (χ0) is 33.8. The Bertz CT molecular complexity index is 2870. The Morgan fingerprint density at radius 2 is 0.920 bits per heavy atom. The van der Waals surface area contributed by atoms with Gasteiger partial charge in [-0.3, -0.25) is 0 Å². The van der Waals surface area contributed by atoms with Gasteiger partial charge in [0.05, 0.1) is 62.7 Å². The third-order valence-corrected chi connectivity index (χ3v) is 9.63. The van der Waals surface area contributed by atoms with Gasteiger partial charge in [-0.1, -0.05) is 84.9 Å². The summed E-state index contributed by atoms with van der Waals surface area (Å²) in [5.41, 5.74) is 10.8. The zero-order valence-electron chi connectivity index (χ0n) is 26.7. The van der Waals surface area contributed by atoms with E-state index in [2.05, 4.69) is 88.0 Å². The van der Waals surface area contributed by atoms with Gasteiger partial charge in [-0.15, -0.1) is 0 Å². The molecule has 5 heteroatoms. The molecule has 0 N–H and O–H groups in total. The monoisotopic (exact) mass is 635 g/mol. The maximum absolute atomic E-state index is 10.5. The van der Waals surface area contributed by atoms with Gasteiger partial charge in [0.15, 0.2) is 0 Å². The minimum Gasteiger partial charge on any atom is -0.309 e. The average molecular weight is 636 g/mol. The summed E-state index contributed by atoms with van der Waals surface area (Å²) in [6, 6.07) is 57.7. The van der Waals surface area contributed by atoms with Gasteiger partial charge in [0, 0.05) is 38.4 Å². The molecule has 2 heterocycles. The molecular weight excluding hydrogens is 611 g/mol. The van der Waals surface area contributed by atoms with Crippen LogP contribution in [0.2, 0.25) is 0 Å². The zero-order valence-corrected chi connectivity index (χ0v) is 26.7. The smallest absolute Gasteiger partial charge is 0.0998 e. The quantitative estimate of drug-likeness (QED) is 0.193. The van der Waals surface area contributed by atoms with Crippen LogP contribution in [0.25, 0.3) is 77.2 Å². The van der Waals surface area contributed by atoms with E-state index in [9.17, 15) is 15.8 Å². The van der Waals surface area contributed by atoms with Gasteiger partial charge in [0.2, 0.25) is 0 Å². The first-order valence-electron chi connectivity index (χ1n) is 16.3. The van der Waals surface area contributed by atoms with Crippen molar-refractivity contribution < 1.29 is 0 Å². The van der Waals surface area contributed by atoms with Crippen molar-refractivity contribution in [1.29, 1.82) is 15.8 Å². The predicted octanol–water partition coefficient (Wildman–Crippen LogP) is 10.8. The van der Waals surface area contributed by atoms with E-state index in [1.54, 1.807) is 0 Å². The van der Waals surface area contributed by atoms with E-state index in [0.717, 1.165) is 60.9 Å². The summed E-state index contributed by atoms with van der Waals surface area (Å²) >= 11 is 0. The molecule has 0 aliphatic heterocycles. The van der Waals surface area contributed by atoms with Crippen LogP contribution in [0.3, 0.4) is 0 Å². The van der Waals surface area contributed by atoms with Gasteiger partial charge >= 0.3 is 0 Å². The van der Waals surface area contributed by atoms with E-state index in [0.29, 0.717) is 22.3 Å². The van der Waals surface area contributed by atoms with Crippen molar-refractivity contribution >= 4 is 43.6 Å². The summed E-state index contributed by atoms with van der Waals surface area (Å²) in [6.45, 7) is 0. The van der Waals surface area contributed by atoms with Gasteiger partial charge in [-0.25, -0.2) is 0 Å². The van der Waals surface area contributed by atoms with Gasteiger partial charge in [0.1, 0.15) is 0 Å². The van der Waals surface area contributed by atoms with E-state index < -0.39 is 0 Å². The number of hydrogen-bond acceptors (Lipinski definition) is 3. The largest absolute Gasteiger partial charge is 0.309 e. The highest BCUT2D eigenvalue weighted by Gasteiger charge is 2.19. The number of benzene rings is 7. The molecule has 0 saturated carbocycles. The fourth-order valence-electron chi connectivity index (χ4n) is 7.48. The lowest BCUT2D eigenvalue weighted by atomic mass is 9.90. The Morgan fingerprint density at radius 3 is 1.52 bits per heavy atom. The molecule has 0 aliphatic rings. The molecule has 0 aliphatic carbocycles. The summed E-state index contributed by atoms with van der Waals surface area (Å²) in [7, 11) is 0. The molecule has 50 heavy (non-hydrogen) atoms. The minimum absolute atomic E-state index is 0.435. The van der Waals surface area contributed by atoms with Gasteiger partial charge < -0.3 is 9.13 Å². The van der Waals surface area contributed by atoms with Crippen LogP contribution in [0.4, 0.5) is 0 Å². The second-order valence-electron chi connectivity index (χ2n) is 12.3. The number of nitriles is 3. The third kappa shape index (κ3) is 4.31. The molecule has 0 spiro atoms. The Kier molecular flexibility index (Phi) is 6.56. The van der Waals surface area contributed by atoms with Crippen LogP contribution in [0.5, 0.6) is 0 Å². The molecule has 0 bridgehead atoms. The molecule has 9 aromatic rings. The highest BCUT2D eigenvalue weighted by atomic mass is 15.0. The number of aromatic nitrogens is 2. The molecule has 5 nitrogen and oxygen atoms in total. The van der Waals surface area contributed by atoms with E-state index in [1.165, 1.54) is 10.8 Å². The predicted molar refractivity (Wildman–Crippen MR) is 200 cm³/mol. The average Bonchev–Trinajstić information content (AvgIpc) is 3.70. The highest BCUT2D eigenvalue weighted by Crippen LogP contribution is 2.39. The van der Waals surface area contributed by atoms with Gasteiger partial charge in [0.25, 0.3) is 0 Å². The van der Waals surface area contributed by atoms with Crippen LogP contribution < -0.4 is 0 Å². The summed E-state index contributed by atoms with van der Waals surface area (Å²) in [5.74, 6) is 0. The van der Waals surface area contributed by atoms with Crippen LogP contribution in [0.15, 0.2) is 152 Å². The van der Waals surface area contributed by atoms with Crippen LogP contribution >= 0.6 is 0 Å². The van der Waals surface area contributed by atoms with E-state index in [-0.39, 0.29) is 0 Å². The molecule has 0 radical (unpaired) electrons. The number of nitrogens with zero attached hydrogens (tertiary/aromatic N) is 5. The molecule has 0 amide bonds. The first-order valence-corrected chi connectivity index (χ1v) is 16.3. The highest BCUT2D eigenvalue weighted by molar-refractivity contribution is 6.10. The van der Waals surface area contributed by atoms with E-state index >= 15 is 0 Å². The Balaban J connectivity index is 1.18. The second-order valence-corrected chi connectivity index (χ2v) is 12.3. The van der Waals surface area contributed by atoms with Crippen LogP contribution in [-0.4, -0.2) is 9.13 Å². The van der Waals surface area contributed by atoms with E-state index in [4.69, 9.17) is 0 Å². The SMILES string of the molecule is N#Cc1ccc2c(c1)c1ccccc1n2-c1ccc(-c2c(C#N)cc(-c3ccccc3-n3c4ccccc4c4ccccc43)cc2C#N)cc1.